The molecule has 0 aliphatic heterocycles. The third kappa shape index (κ3) is 4.40. The molecule has 4 N–H and O–H groups in total. The van der Waals surface area contributed by atoms with Gasteiger partial charge < -0.3 is 16.4 Å². The second-order valence-electron chi connectivity index (χ2n) is 4.57. The average Bonchev–Trinajstić information content (AvgIpc) is 2.49. The molecule has 1 unspecified atom stereocenters. The van der Waals surface area contributed by atoms with Gasteiger partial charge in [-0.2, -0.15) is 0 Å². The predicted molar refractivity (Wildman–Crippen MR) is 81.2 cm³/mol. The van der Waals surface area contributed by atoms with E-state index in [0.717, 1.165) is 11.3 Å². The molecule has 0 spiro atoms. The first-order chi connectivity index (χ1) is 9.75. The van der Waals surface area contributed by atoms with Gasteiger partial charge in [0.2, 0.25) is 5.91 Å². The molecule has 0 saturated carbocycles. The fraction of sp³-hybridized carbons (Fsp3) is 0.188. The summed E-state index contributed by atoms with van der Waals surface area (Å²) in [5.41, 5.74) is 7.52. The molecule has 0 aliphatic carbocycles. The van der Waals surface area contributed by atoms with Crippen LogP contribution in [0.5, 0.6) is 0 Å². The molecule has 104 valence electrons. The quantitative estimate of drug-likeness (QED) is 0.717. The van der Waals surface area contributed by atoms with Crippen molar-refractivity contribution >= 4 is 11.6 Å². The molecule has 1 amide bonds. The molecule has 20 heavy (non-hydrogen) atoms. The Balaban J connectivity index is 1.86. The van der Waals surface area contributed by atoms with E-state index in [1.807, 2.05) is 60.7 Å². The Morgan fingerprint density at radius 3 is 2.20 bits per heavy atom. The number of nitrogens with one attached hydrogen (secondary N) is 2. The van der Waals surface area contributed by atoms with Gasteiger partial charge in [-0.15, -0.1) is 0 Å². The van der Waals surface area contributed by atoms with Crippen LogP contribution in [0.3, 0.4) is 0 Å². The van der Waals surface area contributed by atoms with Gasteiger partial charge in [-0.25, -0.2) is 0 Å². The zero-order valence-corrected chi connectivity index (χ0v) is 11.3. The Hall–Kier alpha value is -2.33. The van der Waals surface area contributed by atoms with Crippen molar-refractivity contribution in [2.45, 2.75) is 12.6 Å². The third-order valence-corrected chi connectivity index (χ3v) is 3.02. The standard InChI is InChI=1S/C16H19N3O/c17-16(20)15(12-18-14-9-5-2-6-10-14)19-11-13-7-3-1-4-8-13/h1-10,15,18-19H,11-12H2,(H2,17,20). The summed E-state index contributed by atoms with van der Waals surface area (Å²) in [6.07, 6.45) is 0. The highest BCUT2D eigenvalue weighted by atomic mass is 16.1. The van der Waals surface area contributed by atoms with Crippen LogP contribution in [0.25, 0.3) is 0 Å². The number of hydrogen-bond donors (Lipinski definition) is 3. The highest BCUT2D eigenvalue weighted by Crippen LogP contribution is 2.05. The summed E-state index contributed by atoms with van der Waals surface area (Å²) >= 11 is 0. The van der Waals surface area contributed by atoms with Crippen molar-refractivity contribution in [1.82, 2.24) is 5.32 Å². The van der Waals surface area contributed by atoms with E-state index in [4.69, 9.17) is 5.73 Å². The van der Waals surface area contributed by atoms with Gasteiger partial charge in [0, 0.05) is 18.8 Å². The number of primary amides is 1. The van der Waals surface area contributed by atoms with Gasteiger partial charge in [-0.3, -0.25) is 4.79 Å². The minimum atomic E-state index is -0.407. The maximum Gasteiger partial charge on any atom is 0.236 e. The number of carbonyl (C=O) groups excluding carboxylic acids is 1. The van der Waals surface area contributed by atoms with Gasteiger partial charge >= 0.3 is 0 Å². The Morgan fingerprint density at radius 1 is 1.00 bits per heavy atom. The first kappa shape index (κ1) is 14.1. The fourth-order valence-electron chi connectivity index (χ4n) is 1.89. The summed E-state index contributed by atoms with van der Waals surface area (Å²) in [5, 5.41) is 6.37. The van der Waals surface area contributed by atoms with Crippen LogP contribution >= 0.6 is 0 Å². The van der Waals surface area contributed by atoms with Gasteiger partial charge in [0.05, 0.1) is 0 Å². The molecule has 0 bridgehead atoms. The summed E-state index contributed by atoms with van der Waals surface area (Å²) in [4.78, 5) is 11.5. The van der Waals surface area contributed by atoms with Crippen molar-refractivity contribution in [3.8, 4) is 0 Å². The van der Waals surface area contributed by atoms with E-state index in [9.17, 15) is 4.79 Å². The largest absolute Gasteiger partial charge is 0.383 e. The lowest BCUT2D eigenvalue weighted by atomic mass is 10.2. The molecule has 0 fully saturated rings. The summed E-state index contributed by atoms with van der Waals surface area (Å²) in [7, 11) is 0. The van der Waals surface area contributed by atoms with Crippen LogP contribution in [-0.2, 0) is 11.3 Å². The second kappa shape index (κ2) is 7.31. The molecule has 2 aromatic rings. The molecule has 4 nitrogen and oxygen atoms in total. The Morgan fingerprint density at radius 2 is 1.60 bits per heavy atom. The lowest BCUT2D eigenvalue weighted by molar-refractivity contribution is -0.119. The molecule has 0 aromatic heterocycles. The summed E-state index contributed by atoms with van der Waals surface area (Å²) in [6, 6.07) is 19.3. The van der Waals surface area contributed by atoms with Gasteiger partial charge in [0.15, 0.2) is 0 Å². The maximum atomic E-state index is 11.5. The molecular formula is C16H19N3O. The Labute approximate surface area is 119 Å². The second-order valence-corrected chi connectivity index (χ2v) is 4.57. The van der Waals surface area contributed by atoms with Gasteiger partial charge in [-0.1, -0.05) is 48.5 Å². The van der Waals surface area contributed by atoms with Crippen molar-refractivity contribution in [3.63, 3.8) is 0 Å². The number of rotatable bonds is 7. The molecule has 0 heterocycles. The van der Waals surface area contributed by atoms with Crippen LogP contribution in [0.1, 0.15) is 5.56 Å². The van der Waals surface area contributed by atoms with E-state index in [1.165, 1.54) is 0 Å². The zero-order valence-electron chi connectivity index (χ0n) is 11.3. The van der Waals surface area contributed by atoms with Crippen LogP contribution in [0, 0.1) is 0 Å². The number of anilines is 1. The topological polar surface area (TPSA) is 67.2 Å². The van der Waals surface area contributed by atoms with E-state index < -0.39 is 6.04 Å². The highest BCUT2D eigenvalue weighted by Gasteiger charge is 2.14. The molecule has 1 atom stereocenters. The van der Waals surface area contributed by atoms with E-state index in [2.05, 4.69) is 10.6 Å². The minimum Gasteiger partial charge on any atom is -0.383 e. The van der Waals surface area contributed by atoms with Crippen LogP contribution in [0.2, 0.25) is 0 Å². The smallest absolute Gasteiger partial charge is 0.236 e. The number of benzene rings is 2. The average molecular weight is 269 g/mol. The maximum absolute atomic E-state index is 11.5. The number of hydrogen-bond acceptors (Lipinski definition) is 3. The predicted octanol–water partition coefficient (Wildman–Crippen LogP) is 1.74. The molecule has 0 saturated heterocycles. The monoisotopic (exact) mass is 269 g/mol. The highest BCUT2D eigenvalue weighted by molar-refractivity contribution is 5.80. The summed E-state index contributed by atoms with van der Waals surface area (Å²) < 4.78 is 0. The SMILES string of the molecule is NC(=O)C(CNc1ccccc1)NCc1ccccc1. The zero-order chi connectivity index (χ0) is 14.2. The van der Waals surface area contributed by atoms with Crippen molar-refractivity contribution in [1.29, 1.82) is 0 Å². The number of para-hydroxylation sites is 1. The van der Waals surface area contributed by atoms with Crippen molar-refractivity contribution in [2.24, 2.45) is 5.73 Å². The number of amides is 1. The number of nitrogens with two attached hydrogens (primary N) is 1. The van der Waals surface area contributed by atoms with E-state index in [0.29, 0.717) is 13.1 Å². The van der Waals surface area contributed by atoms with Gasteiger partial charge in [0.1, 0.15) is 6.04 Å². The minimum absolute atomic E-state index is 0.357. The molecule has 0 radical (unpaired) electrons. The first-order valence-electron chi connectivity index (χ1n) is 6.61. The first-order valence-corrected chi connectivity index (χ1v) is 6.61. The van der Waals surface area contributed by atoms with E-state index in [-0.39, 0.29) is 5.91 Å². The molecule has 4 heteroatoms. The fourth-order valence-corrected chi connectivity index (χ4v) is 1.89. The molecular weight excluding hydrogens is 250 g/mol. The van der Waals surface area contributed by atoms with Crippen LogP contribution in [0.15, 0.2) is 60.7 Å². The molecule has 2 rings (SSSR count). The Kier molecular flexibility index (Phi) is 5.15. The van der Waals surface area contributed by atoms with E-state index in [1.54, 1.807) is 0 Å². The Bertz CT molecular complexity index is 484. The lowest BCUT2D eigenvalue weighted by Gasteiger charge is -2.17. The van der Waals surface area contributed by atoms with Crippen molar-refractivity contribution in [3.05, 3.63) is 66.2 Å². The molecule has 2 aromatic carbocycles. The van der Waals surface area contributed by atoms with Gasteiger partial charge in [0.25, 0.3) is 0 Å². The third-order valence-electron chi connectivity index (χ3n) is 3.02. The normalized spacial score (nSPS) is 11.8. The summed E-state index contributed by atoms with van der Waals surface area (Å²) in [5.74, 6) is -0.357. The summed E-state index contributed by atoms with van der Waals surface area (Å²) in [6.45, 7) is 1.08. The van der Waals surface area contributed by atoms with Crippen LogP contribution in [-0.4, -0.2) is 18.5 Å². The van der Waals surface area contributed by atoms with Crippen LogP contribution < -0.4 is 16.4 Å². The van der Waals surface area contributed by atoms with Gasteiger partial charge in [-0.05, 0) is 17.7 Å². The number of carbonyl (C=O) groups is 1. The lowest BCUT2D eigenvalue weighted by Crippen LogP contribution is -2.45. The molecule has 0 aliphatic rings. The van der Waals surface area contributed by atoms with Crippen molar-refractivity contribution in [2.75, 3.05) is 11.9 Å². The van der Waals surface area contributed by atoms with Crippen LogP contribution in [0.4, 0.5) is 5.69 Å². The van der Waals surface area contributed by atoms with E-state index >= 15 is 0 Å². The van der Waals surface area contributed by atoms with Crippen molar-refractivity contribution < 1.29 is 4.79 Å².